The van der Waals surface area contributed by atoms with E-state index < -0.39 is 6.61 Å². The zero-order valence-electron chi connectivity index (χ0n) is 18.6. The minimum atomic E-state index is -2.99. The topological polar surface area (TPSA) is 74.5 Å². The van der Waals surface area contributed by atoms with Gasteiger partial charge in [-0.2, -0.15) is 8.78 Å². The number of methoxy groups -OCH3 is 1. The fourth-order valence-corrected chi connectivity index (χ4v) is 3.82. The van der Waals surface area contributed by atoms with E-state index in [0.717, 1.165) is 11.0 Å². The van der Waals surface area contributed by atoms with E-state index in [9.17, 15) is 18.4 Å². The summed E-state index contributed by atoms with van der Waals surface area (Å²) < 4.78 is 38.7. The van der Waals surface area contributed by atoms with Gasteiger partial charge in [0.05, 0.1) is 18.1 Å². The van der Waals surface area contributed by atoms with E-state index in [-0.39, 0.29) is 30.3 Å². The quantitative estimate of drug-likeness (QED) is 0.410. The lowest BCUT2D eigenvalue weighted by Crippen LogP contribution is -2.24. The van der Waals surface area contributed by atoms with Crippen LogP contribution in [0, 0.1) is 0 Å². The average molecular weight is 467 g/mol. The van der Waals surface area contributed by atoms with E-state index in [0.29, 0.717) is 22.6 Å². The first-order valence-electron chi connectivity index (χ1n) is 10.5. The molecule has 0 atom stereocenters. The van der Waals surface area contributed by atoms with Crippen LogP contribution < -0.4 is 20.5 Å². The molecule has 1 amide bonds. The summed E-state index contributed by atoms with van der Waals surface area (Å²) in [6.07, 6.45) is 0.0566. The SMILES string of the molecule is COc1ccc(-c2cc(NC(=O)CCn3c(=O)n(C)c4ccccc43)ccc2OC(F)F)cc1. The Morgan fingerprint density at radius 2 is 1.74 bits per heavy atom. The Bertz CT molecular complexity index is 1380. The molecule has 4 aromatic rings. The van der Waals surface area contributed by atoms with Gasteiger partial charge in [-0.25, -0.2) is 4.79 Å². The Kier molecular flexibility index (Phi) is 6.62. The van der Waals surface area contributed by atoms with Crippen LogP contribution in [-0.4, -0.2) is 28.8 Å². The number of ether oxygens (including phenoxy) is 2. The summed E-state index contributed by atoms with van der Waals surface area (Å²) in [5.41, 5.74) is 2.76. The molecule has 1 heterocycles. The number of hydrogen-bond donors (Lipinski definition) is 1. The van der Waals surface area contributed by atoms with E-state index in [4.69, 9.17) is 4.74 Å². The van der Waals surface area contributed by atoms with Gasteiger partial charge in [0.25, 0.3) is 0 Å². The molecule has 0 saturated heterocycles. The maximum Gasteiger partial charge on any atom is 0.387 e. The Morgan fingerprint density at radius 1 is 1.03 bits per heavy atom. The largest absolute Gasteiger partial charge is 0.497 e. The first kappa shape index (κ1) is 23.0. The molecule has 0 fully saturated rings. The van der Waals surface area contributed by atoms with Gasteiger partial charge in [-0.05, 0) is 48.0 Å². The summed E-state index contributed by atoms with van der Waals surface area (Å²) >= 11 is 0. The van der Waals surface area contributed by atoms with Crippen LogP contribution in [0.15, 0.2) is 71.5 Å². The standard InChI is InChI=1S/C25H23F2N3O4/c1-29-20-5-3-4-6-21(20)30(25(29)32)14-13-23(31)28-17-9-12-22(34-24(26)27)19(15-17)16-7-10-18(33-2)11-8-16/h3-12,15,24H,13-14H2,1-2H3,(H,28,31). The molecule has 1 aromatic heterocycles. The van der Waals surface area contributed by atoms with Crippen molar-refractivity contribution in [3.05, 3.63) is 77.2 Å². The number of anilines is 1. The van der Waals surface area contributed by atoms with Gasteiger partial charge in [0.15, 0.2) is 0 Å². The summed E-state index contributed by atoms with van der Waals surface area (Å²) in [7, 11) is 3.22. The highest BCUT2D eigenvalue weighted by molar-refractivity contribution is 5.92. The number of aryl methyl sites for hydroxylation is 2. The second-order valence-electron chi connectivity index (χ2n) is 7.60. The maximum atomic E-state index is 12.9. The van der Waals surface area contributed by atoms with Crippen LogP contribution in [0.3, 0.4) is 0 Å². The molecule has 1 N–H and O–H groups in total. The zero-order valence-corrected chi connectivity index (χ0v) is 18.6. The number of benzene rings is 3. The molecule has 0 saturated carbocycles. The van der Waals surface area contributed by atoms with E-state index >= 15 is 0 Å². The van der Waals surface area contributed by atoms with Gasteiger partial charge >= 0.3 is 12.3 Å². The lowest BCUT2D eigenvalue weighted by molar-refractivity contribution is -0.116. The molecule has 4 rings (SSSR count). The van der Waals surface area contributed by atoms with E-state index in [1.807, 2.05) is 24.3 Å². The van der Waals surface area contributed by atoms with Crippen LogP contribution in [0.5, 0.6) is 11.5 Å². The van der Waals surface area contributed by atoms with Gasteiger partial charge in [0.2, 0.25) is 5.91 Å². The third-order valence-corrected chi connectivity index (χ3v) is 5.49. The van der Waals surface area contributed by atoms with E-state index in [1.54, 1.807) is 41.9 Å². The van der Waals surface area contributed by atoms with Crippen molar-refractivity contribution in [2.24, 2.45) is 7.05 Å². The van der Waals surface area contributed by atoms with Crippen molar-refractivity contribution >= 4 is 22.6 Å². The number of hydrogen-bond acceptors (Lipinski definition) is 4. The van der Waals surface area contributed by atoms with Crippen molar-refractivity contribution in [1.82, 2.24) is 9.13 Å². The summed E-state index contributed by atoms with van der Waals surface area (Å²) in [4.78, 5) is 25.2. The van der Waals surface area contributed by atoms with E-state index in [1.165, 1.54) is 23.8 Å². The molecule has 0 bridgehead atoms. The van der Waals surface area contributed by atoms with Crippen molar-refractivity contribution in [2.45, 2.75) is 19.6 Å². The molecule has 7 nitrogen and oxygen atoms in total. The molecule has 0 radical (unpaired) electrons. The van der Waals surface area contributed by atoms with Crippen molar-refractivity contribution in [3.8, 4) is 22.6 Å². The number of alkyl halides is 2. The number of imidazole rings is 1. The number of halogens is 2. The molecule has 0 aliphatic rings. The van der Waals surface area contributed by atoms with E-state index in [2.05, 4.69) is 10.1 Å². The number of para-hydroxylation sites is 2. The fourth-order valence-electron chi connectivity index (χ4n) is 3.82. The van der Waals surface area contributed by atoms with Crippen molar-refractivity contribution in [2.75, 3.05) is 12.4 Å². The Balaban J connectivity index is 1.54. The first-order chi connectivity index (χ1) is 16.4. The summed E-state index contributed by atoms with van der Waals surface area (Å²) in [6.45, 7) is -2.79. The average Bonchev–Trinajstić information content (AvgIpc) is 3.08. The summed E-state index contributed by atoms with van der Waals surface area (Å²) in [5.74, 6) is 0.289. The van der Waals surface area contributed by atoms with Gasteiger partial charge in [-0.1, -0.05) is 24.3 Å². The molecule has 0 aliphatic heterocycles. The van der Waals surface area contributed by atoms with Crippen LogP contribution in [0.25, 0.3) is 22.2 Å². The maximum absolute atomic E-state index is 12.9. The number of nitrogens with zero attached hydrogens (tertiary/aromatic N) is 2. The number of aromatic nitrogens is 2. The molecule has 0 unspecified atom stereocenters. The molecular formula is C25H23F2N3O4. The highest BCUT2D eigenvalue weighted by atomic mass is 19.3. The number of nitrogens with one attached hydrogen (secondary N) is 1. The first-order valence-corrected chi connectivity index (χ1v) is 10.5. The van der Waals surface area contributed by atoms with Crippen LogP contribution in [-0.2, 0) is 18.4 Å². The van der Waals surface area contributed by atoms with Crippen LogP contribution in [0.2, 0.25) is 0 Å². The Morgan fingerprint density at radius 3 is 2.41 bits per heavy atom. The van der Waals surface area contributed by atoms with Gasteiger partial charge in [0, 0.05) is 31.3 Å². The third kappa shape index (κ3) is 4.78. The lowest BCUT2D eigenvalue weighted by atomic mass is 10.0. The number of carbonyl (C=O) groups excluding carboxylic acids is 1. The molecule has 0 aliphatic carbocycles. The van der Waals surface area contributed by atoms with Gasteiger partial charge < -0.3 is 14.8 Å². The molecule has 176 valence electrons. The Hall–Kier alpha value is -4.14. The summed E-state index contributed by atoms with van der Waals surface area (Å²) in [6, 6.07) is 18.6. The fraction of sp³-hybridized carbons (Fsp3) is 0.200. The van der Waals surface area contributed by atoms with Gasteiger partial charge in [-0.15, -0.1) is 0 Å². The highest BCUT2D eigenvalue weighted by Crippen LogP contribution is 2.34. The highest BCUT2D eigenvalue weighted by Gasteiger charge is 2.15. The van der Waals surface area contributed by atoms with Crippen LogP contribution in [0.4, 0.5) is 14.5 Å². The second kappa shape index (κ2) is 9.78. The minimum Gasteiger partial charge on any atom is -0.497 e. The Labute approximate surface area is 194 Å². The monoisotopic (exact) mass is 467 g/mol. The predicted molar refractivity (Wildman–Crippen MR) is 125 cm³/mol. The molecular weight excluding hydrogens is 444 g/mol. The minimum absolute atomic E-state index is 0.0135. The van der Waals surface area contributed by atoms with Crippen LogP contribution in [0.1, 0.15) is 6.42 Å². The zero-order chi connectivity index (χ0) is 24.2. The molecule has 34 heavy (non-hydrogen) atoms. The second-order valence-corrected chi connectivity index (χ2v) is 7.60. The lowest BCUT2D eigenvalue weighted by Gasteiger charge is -2.14. The predicted octanol–water partition coefficient (Wildman–Crippen LogP) is 4.65. The van der Waals surface area contributed by atoms with Gasteiger partial charge in [0.1, 0.15) is 11.5 Å². The molecule has 9 heteroatoms. The molecule has 3 aromatic carbocycles. The van der Waals surface area contributed by atoms with Crippen molar-refractivity contribution in [1.29, 1.82) is 0 Å². The smallest absolute Gasteiger partial charge is 0.387 e. The number of fused-ring (bicyclic) bond motifs is 1. The normalized spacial score (nSPS) is 11.1. The summed E-state index contributed by atoms with van der Waals surface area (Å²) in [5, 5.41) is 2.77. The number of rotatable bonds is 8. The molecule has 0 spiro atoms. The third-order valence-electron chi connectivity index (χ3n) is 5.49. The number of carbonyl (C=O) groups is 1. The van der Waals surface area contributed by atoms with Crippen molar-refractivity contribution in [3.63, 3.8) is 0 Å². The number of amides is 1. The van der Waals surface area contributed by atoms with Gasteiger partial charge in [-0.3, -0.25) is 13.9 Å². The van der Waals surface area contributed by atoms with Crippen LogP contribution >= 0.6 is 0 Å². The van der Waals surface area contributed by atoms with Crippen molar-refractivity contribution < 1.29 is 23.0 Å².